The Hall–Kier alpha value is -1.43. The first-order valence-corrected chi connectivity index (χ1v) is 6.66. The minimum absolute atomic E-state index is 0.168. The van der Waals surface area contributed by atoms with Crippen LogP contribution in [-0.4, -0.2) is 26.6 Å². The molecular weight excluding hydrogens is 248 g/mol. The van der Waals surface area contributed by atoms with Crippen molar-refractivity contribution in [3.8, 4) is 0 Å². The predicted molar refractivity (Wildman–Crippen MR) is 73.3 cm³/mol. The molecule has 0 aromatic carbocycles. The highest BCUT2D eigenvalue weighted by atomic mass is 32.1. The van der Waals surface area contributed by atoms with Gasteiger partial charge < -0.3 is 11.1 Å². The second-order valence-corrected chi connectivity index (χ2v) is 5.24. The highest BCUT2D eigenvalue weighted by Gasteiger charge is 2.35. The molecule has 0 aliphatic heterocycles. The number of carbonyl (C=O) groups excluding carboxylic acids is 1. The Morgan fingerprint density at radius 1 is 1.39 bits per heavy atom. The maximum Gasteiger partial charge on any atom is 0.255 e. The molecule has 5 nitrogen and oxygen atoms in total. The molecule has 1 amide bonds. The molecule has 18 heavy (non-hydrogen) atoms. The molecule has 0 atom stereocenters. The van der Waals surface area contributed by atoms with Gasteiger partial charge in [0, 0.05) is 6.20 Å². The zero-order valence-corrected chi connectivity index (χ0v) is 11.1. The number of nitrogens with zero attached hydrogens (tertiary/aromatic N) is 1. The maximum absolute atomic E-state index is 12.1. The molecule has 1 aromatic rings. The molecule has 1 saturated carbocycles. The summed E-state index contributed by atoms with van der Waals surface area (Å²) in [6, 6.07) is 0. The van der Waals surface area contributed by atoms with Crippen LogP contribution >= 0.6 is 12.2 Å². The maximum atomic E-state index is 12.1. The van der Waals surface area contributed by atoms with E-state index in [0.717, 1.165) is 25.7 Å². The van der Waals surface area contributed by atoms with E-state index in [0.29, 0.717) is 10.6 Å². The number of amides is 1. The number of rotatable bonds is 3. The molecule has 1 fully saturated rings. The molecule has 2 rings (SSSR count). The third-order valence-corrected chi connectivity index (χ3v) is 3.93. The average Bonchev–Trinajstić information content (AvgIpc) is 2.77. The number of hydrogen-bond acceptors (Lipinski definition) is 3. The lowest BCUT2D eigenvalue weighted by Crippen LogP contribution is -2.56. The van der Waals surface area contributed by atoms with Gasteiger partial charge in [-0.3, -0.25) is 9.89 Å². The largest absolute Gasteiger partial charge is 0.391 e. The van der Waals surface area contributed by atoms with Crippen LogP contribution in [0.5, 0.6) is 0 Å². The SMILES string of the molecule is NC(=S)C1(NC(=O)c2cn[nH]c2)CCCCCC1. The molecule has 0 bridgehead atoms. The number of nitrogens with two attached hydrogens (primary N) is 1. The van der Waals surface area contributed by atoms with Crippen LogP contribution < -0.4 is 11.1 Å². The monoisotopic (exact) mass is 266 g/mol. The highest BCUT2D eigenvalue weighted by molar-refractivity contribution is 7.80. The van der Waals surface area contributed by atoms with Gasteiger partial charge in [-0.25, -0.2) is 0 Å². The normalized spacial score (nSPS) is 18.9. The molecule has 6 heteroatoms. The van der Waals surface area contributed by atoms with Crippen molar-refractivity contribution in [3.05, 3.63) is 18.0 Å². The van der Waals surface area contributed by atoms with Gasteiger partial charge in [0.15, 0.2) is 0 Å². The molecular formula is C12H18N4OS. The van der Waals surface area contributed by atoms with E-state index in [9.17, 15) is 4.79 Å². The Labute approximate surface area is 112 Å². The van der Waals surface area contributed by atoms with Crippen LogP contribution in [0.4, 0.5) is 0 Å². The molecule has 1 heterocycles. The summed E-state index contributed by atoms with van der Waals surface area (Å²) in [5.41, 5.74) is 5.85. The van der Waals surface area contributed by atoms with Gasteiger partial charge in [0.25, 0.3) is 5.91 Å². The van der Waals surface area contributed by atoms with Crippen molar-refractivity contribution in [1.29, 1.82) is 0 Å². The van der Waals surface area contributed by atoms with Crippen molar-refractivity contribution in [2.75, 3.05) is 0 Å². The summed E-state index contributed by atoms with van der Waals surface area (Å²) in [6.07, 6.45) is 9.15. The van der Waals surface area contributed by atoms with E-state index in [-0.39, 0.29) is 5.91 Å². The number of H-pyrrole nitrogens is 1. The average molecular weight is 266 g/mol. The van der Waals surface area contributed by atoms with Gasteiger partial charge in [-0.15, -0.1) is 0 Å². The Balaban J connectivity index is 2.15. The molecule has 1 aliphatic rings. The number of hydrogen-bond donors (Lipinski definition) is 3. The first-order valence-electron chi connectivity index (χ1n) is 6.25. The lowest BCUT2D eigenvalue weighted by molar-refractivity contribution is 0.0917. The van der Waals surface area contributed by atoms with Gasteiger partial charge in [-0.2, -0.15) is 5.10 Å². The third kappa shape index (κ3) is 2.69. The number of nitrogens with one attached hydrogen (secondary N) is 2. The van der Waals surface area contributed by atoms with Crippen molar-refractivity contribution < 1.29 is 4.79 Å². The fourth-order valence-corrected chi connectivity index (χ4v) is 2.68. The van der Waals surface area contributed by atoms with Crippen molar-refractivity contribution in [1.82, 2.24) is 15.5 Å². The van der Waals surface area contributed by atoms with Crippen molar-refractivity contribution in [3.63, 3.8) is 0 Å². The van der Waals surface area contributed by atoms with E-state index in [2.05, 4.69) is 15.5 Å². The summed E-state index contributed by atoms with van der Waals surface area (Å²) >= 11 is 5.18. The molecule has 4 N–H and O–H groups in total. The Kier molecular flexibility index (Phi) is 3.96. The number of carbonyl (C=O) groups is 1. The highest BCUT2D eigenvalue weighted by Crippen LogP contribution is 2.27. The lowest BCUT2D eigenvalue weighted by atomic mass is 9.89. The molecule has 1 aliphatic carbocycles. The zero-order valence-electron chi connectivity index (χ0n) is 10.2. The van der Waals surface area contributed by atoms with Crippen molar-refractivity contribution in [2.24, 2.45) is 5.73 Å². The Morgan fingerprint density at radius 3 is 2.56 bits per heavy atom. The van der Waals surface area contributed by atoms with E-state index in [1.54, 1.807) is 6.20 Å². The quantitative estimate of drug-likeness (QED) is 0.572. The lowest BCUT2D eigenvalue weighted by Gasteiger charge is -2.32. The van der Waals surface area contributed by atoms with E-state index < -0.39 is 5.54 Å². The third-order valence-electron chi connectivity index (χ3n) is 3.54. The fraction of sp³-hybridized carbons (Fsp3) is 0.583. The predicted octanol–water partition coefficient (Wildman–Crippen LogP) is 1.52. The topological polar surface area (TPSA) is 83.8 Å². The number of aromatic amines is 1. The van der Waals surface area contributed by atoms with Gasteiger partial charge >= 0.3 is 0 Å². The fourth-order valence-electron chi connectivity index (χ4n) is 2.43. The van der Waals surface area contributed by atoms with Crippen LogP contribution in [0.3, 0.4) is 0 Å². The van der Waals surface area contributed by atoms with Gasteiger partial charge in [0.1, 0.15) is 0 Å². The summed E-state index contributed by atoms with van der Waals surface area (Å²) in [6.45, 7) is 0. The van der Waals surface area contributed by atoms with Crippen molar-refractivity contribution in [2.45, 2.75) is 44.1 Å². The van der Waals surface area contributed by atoms with Gasteiger partial charge in [0.05, 0.1) is 22.3 Å². The summed E-state index contributed by atoms with van der Waals surface area (Å²) < 4.78 is 0. The van der Waals surface area contributed by atoms with E-state index in [4.69, 9.17) is 18.0 Å². The first-order chi connectivity index (χ1) is 8.64. The van der Waals surface area contributed by atoms with E-state index in [1.807, 2.05) is 0 Å². The van der Waals surface area contributed by atoms with Gasteiger partial charge in [-0.05, 0) is 12.8 Å². The second kappa shape index (κ2) is 5.48. The summed E-state index contributed by atoms with van der Waals surface area (Å²) in [5, 5.41) is 9.41. The Morgan fingerprint density at radius 2 is 2.06 bits per heavy atom. The minimum Gasteiger partial charge on any atom is -0.391 e. The summed E-state index contributed by atoms with van der Waals surface area (Å²) in [5.74, 6) is -0.168. The van der Waals surface area contributed by atoms with Crippen LogP contribution in [0.2, 0.25) is 0 Å². The van der Waals surface area contributed by atoms with Gasteiger partial charge in [0.2, 0.25) is 0 Å². The summed E-state index contributed by atoms with van der Waals surface area (Å²) in [4.78, 5) is 12.5. The second-order valence-electron chi connectivity index (χ2n) is 4.80. The van der Waals surface area contributed by atoms with Crippen LogP contribution in [0.25, 0.3) is 0 Å². The van der Waals surface area contributed by atoms with Crippen LogP contribution in [0.15, 0.2) is 12.4 Å². The molecule has 98 valence electrons. The first kappa shape index (κ1) is 13.0. The zero-order chi connectivity index (χ0) is 13.0. The smallest absolute Gasteiger partial charge is 0.255 e. The number of aromatic nitrogens is 2. The van der Waals surface area contributed by atoms with E-state index in [1.165, 1.54) is 19.0 Å². The van der Waals surface area contributed by atoms with Crippen LogP contribution in [0.1, 0.15) is 48.9 Å². The minimum atomic E-state index is -0.528. The van der Waals surface area contributed by atoms with E-state index >= 15 is 0 Å². The molecule has 0 saturated heterocycles. The standard InChI is InChI=1S/C12H18N4OS/c13-11(18)12(5-3-1-2-4-6-12)16-10(17)9-7-14-15-8-9/h7-8H,1-6H2,(H2,13,18)(H,14,15)(H,16,17). The Bertz CT molecular complexity index is 421. The molecule has 0 radical (unpaired) electrons. The summed E-state index contributed by atoms with van der Waals surface area (Å²) in [7, 11) is 0. The molecule has 0 unspecified atom stereocenters. The number of thiocarbonyl (C=S) groups is 1. The van der Waals surface area contributed by atoms with Crippen LogP contribution in [-0.2, 0) is 0 Å². The molecule has 1 aromatic heterocycles. The molecule has 0 spiro atoms. The van der Waals surface area contributed by atoms with Crippen LogP contribution in [0, 0.1) is 0 Å². The van der Waals surface area contributed by atoms with Gasteiger partial charge in [-0.1, -0.05) is 37.9 Å². The van der Waals surface area contributed by atoms with Crippen molar-refractivity contribution >= 4 is 23.1 Å².